The van der Waals surface area contributed by atoms with Gasteiger partial charge < -0.3 is 9.84 Å². The summed E-state index contributed by atoms with van der Waals surface area (Å²) in [4.78, 5) is 11.1. The van der Waals surface area contributed by atoms with E-state index in [0.717, 1.165) is 17.5 Å². The van der Waals surface area contributed by atoms with Crippen molar-refractivity contribution in [2.24, 2.45) is 5.41 Å². The zero-order chi connectivity index (χ0) is 19.9. The van der Waals surface area contributed by atoms with E-state index in [2.05, 4.69) is 40.7 Å². The van der Waals surface area contributed by atoms with Crippen molar-refractivity contribution in [1.82, 2.24) is 0 Å². The molecule has 0 aromatic heterocycles. The minimum absolute atomic E-state index is 0.0708. The second kappa shape index (κ2) is 6.90. The van der Waals surface area contributed by atoms with Crippen LogP contribution >= 0.6 is 0 Å². The van der Waals surface area contributed by atoms with Gasteiger partial charge in [0, 0.05) is 11.1 Å². The van der Waals surface area contributed by atoms with Gasteiger partial charge in [-0.2, -0.15) is 4.39 Å². The van der Waals surface area contributed by atoms with Crippen LogP contribution in [0.1, 0.15) is 71.6 Å². The van der Waals surface area contributed by atoms with Crippen LogP contribution < -0.4 is 4.74 Å². The lowest BCUT2D eigenvalue weighted by molar-refractivity contribution is -0.134. The quantitative estimate of drug-likeness (QED) is 0.672. The molecule has 0 spiro atoms. The summed E-state index contributed by atoms with van der Waals surface area (Å²) in [6.45, 7) is 14.6. The van der Waals surface area contributed by atoms with E-state index in [1.807, 2.05) is 19.1 Å². The number of aliphatic carboxylic acids is 1. The molecule has 1 aliphatic carbocycles. The number of rotatable bonds is 4. The molecule has 0 heterocycles. The van der Waals surface area contributed by atoms with E-state index in [1.165, 1.54) is 12.5 Å². The van der Waals surface area contributed by atoms with Gasteiger partial charge in [0.05, 0.1) is 6.61 Å². The Labute approximate surface area is 155 Å². The van der Waals surface area contributed by atoms with Crippen LogP contribution in [0.25, 0.3) is 11.1 Å². The minimum Gasteiger partial charge on any atom is -0.493 e. The first-order chi connectivity index (χ1) is 11.9. The molecule has 26 heavy (non-hydrogen) atoms. The van der Waals surface area contributed by atoms with Crippen LogP contribution in [0.2, 0.25) is 0 Å². The molecule has 142 valence electrons. The number of halogens is 1. The number of carboxylic acids is 1. The summed E-state index contributed by atoms with van der Waals surface area (Å²) in [6.07, 6.45) is 3.16. The number of benzene rings is 1. The SMILES string of the molecule is CCOc1cc2c(cc1C(C)=C(F)C(=O)O)C(C(C)(C)C)=CCC2(C)C. The highest BCUT2D eigenvalue weighted by Gasteiger charge is 2.34. The highest BCUT2D eigenvalue weighted by Crippen LogP contribution is 2.48. The lowest BCUT2D eigenvalue weighted by Gasteiger charge is -2.37. The van der Waals surface area contributed by atoms with Crippen LogP contribution in [0.5, 0.6) is 5.75 Å². The fourth-order valence-electron chi connectivity index (χ4n) is 3.50. The average Bonchev–Trinajstić information content (AvgIpc) is 2.52. The summed E-state index contributed by atoms with van der Waals surface area (Å²) in [5.74, 6) is -2.18. The highest BCUT2D eigenvalue weighted by atomic mass is 19.1. The van der Waals surface area contributed by atoms with Crippen molar-refractivity contribution in [2.45, 2.75) is 60.3 Å². The Bertz CT molecular complexity index is 792. The Hall–Kier alpha value is -2.10. The molecule has 1 aromatic carbocycles. The van der Waals surface area contributed by atoms with Gasteiger partial charge in [0.2, 0.25) is 5.83 Å². The maximum Gasteiger partial charge on any atom is 0.365 e. The first kappa shape index (κ1) is 20.2. The second-order valence-electron chi connectivity index (χ2n) is 8.53. The van der Waals surface area contributed by atoms with Crippen LogP contribution in [-0.2, 0) is 10.2 Å². The van der Waals surface area contributed by atoms with Crippen molar-refractivity contribution in [3.63, 3.8) is 0 Å². The standard InChI is InChI=1S/C22H29FO3/c1-8-26-18-12-17-15(11-14(18)13(2)19(23)20(24)25)16(21(3,4)5)9-10-22(17,6)7/h9,11-12H,8,10H2,1-7H3,(H,24,25). The van der Waals surface area contributed by atoms with E-state index in [-0.39, 0.29) is 16.4 Å². The predicted molar refractivity (Wildman–Crippen MR) is 104 cm³/mol. The van der Waals surface area contributed by atoms with Crippen LogP contribution in [-0.4, -0.2) is 17.7 Å². The van der Waals surface area contributed by atoms with Crippen molar-refractivity contribution in [3.05, 3.63) is 40.7 Å². The van der Waals surface area contributed by atoms with Crippen LogP contribution in [0.15, 0.2) is 24.0 Å². The summed E-state index contributed by atoms with van der Waals surface area (Å²) >= 11 is 0. The van der Waals surface area contributed by atoms with Gasteiger partial charge >= 0.3 is 5.97 Å². The van der Waals surface area contributed by atoms with E-state index in [0.29, 0.717) is 17.9 Å². The third kappa shape index (κ3) is 3.69. The normalized spacial score (nSPS) is 17.2. The summed E-state index contributed by atoms with van der Waals surface area (Å²) in [7, 11) is 0. The third-order valence-corrected chi connectivity index (χ3v) is 4.98. The zero-order valence-corrected chi connectivity index (χ0v) is 16.8. The van der Waals surface area contributed by atoms with E-state index in [9.17, 15) is 9.18 Å². The molecular weight excluding hydrogens is 331 g/mol. The zero-order valence-electron chi connectivity index (χ0n) is 16.8. The Kier molecular flexibility index (Phi) is 5.36. The molecule has 0 unspecified atom stereocenters. The van der Waals surface area contributed by atoms with E-state index >= 15 is 0 Å². The van der Waals surface area contributed by atoms with Gasteiger partial charge in [0.25, 0.3) is 0 Å². The molecule has 0 bridgehead atoms. The Balaban J connectivity index is 2.83. The molecule has 1 aliphatic rings. The first-order valence-corrected chi connectivity index (χ1v) is 9.02. The van der Waals surface area contributed by atoms with Crippen LogP contribution in [0.3, 0.4) is 0 Å². The number of allylic oxidation sites excluding steroid dienone is 3. The van der Waals surface area contributed by atoms with Gasteiger partial charge in [-0.25, -0.2) is 4.79 Å². The van der Waals surface area contributed by atoms with E-state index in [4.69, 9.17) is 9.84 Å². The molecule has 2 rings (SSSR count). The number of ether oxygens (including phenoxy) is 1. The van der Waals surface area contributed by atoms with E-state index < -0.39 is 11.8 Å². The van der Waals surface area contributed by atoms with Gasteiger partial charge in [-0.15, -0.1) is 0 Å². The van der Waals surface area contributed by atoms with Gasteiger partial charge in [-0.1, -0.05) is 40.7 Å². The molecule has 3 nitrogen and oxygen atoms in total. The molecule has 1 N–H and O–H groups in total. The Morgan fingerprint density at radius 2 is 1.92 bits per heavy atom. The molecule has 0 saturated heterocycles. The Morgan fingerprint density at radius 3 is 2.42 bits per heavy atom. The number of carboxylic acid groups (broad SMARTS) is 1. The number of hydrogen-bond acceptors (Lipinski definition) is 2. The average molecular weight is 360 g/mol. The third-order valence-electron chi connectivity index (χ3n) is 4.98. The van der Waals surface area contributed by atoms with Gasteiger partial charge in [-0.05, 0) is 59.9 Å². The predicted octanol–water partition coefficient (Wildman–Crippen LogP) is 5.98. The van der Waals surface area contributed by atoms with Crippen molar-refractivity contribution < 1.29 is 19.0 Å². The Morgan fingerprint density at radius 1 is 1.31 bits per heavy atom. The van der Waals surface area contributed by atoms with Crippen molar-refractivity contribution in [1.29, 1.82) is 0 Å². The van der Waals surface area contributed by atoms with E-state index in [1.54, 1.807) is 0 Å². The van der Waals surface area contributed by atoms with Crippen molar-refractivity contribution in [2.75, 3.05) is 6.61 Å². The molecule has 0 fully saturated rings. The fourth-order valence-corrected chi connectivity index (χ4v) is 3.50. The van der Waals surface area contributed by atoms with Crippen LogP contribution in [0, 0.1) is 5.41 Å². The van der Waals surface area contributed by atoms with Gasteiger partial charge in [-0.3, -0.25) is 0 Å². The lowest BCUT2D eigenvalue weighted by Crippen LogP contribution is -2.25. The monoisotopic (exact) mass is 360 g/mol. The molecule has 0 amide bonds. The largest absolute Gasteiger partial charge is 0.493 e. The summed E-state index contributed by atoms with van der Waals surface area (Å²) < 4.78 is 19.9. The molecule has 1 aromatic rings. The molecule has 0 radical (unpaired) electrons. The lowest BCUT2D eigenvalue weighted by atomic mass is 9.67. The van der Waals surface area contributed by atoms with Gasteiger partial charge in [0.15, 0.2) is 0 Å². The summed E-state index contributed by atoms with van der Waals surface area (Å²) in [6, 6.07) is 3.86. The van der Waals surface area contributed by atoms with Crippen LogP contribution in [0.4, 0.5) is 4.39 Å². The first-order valence-electron chi connectivity index (χ1n) is 9.02. The molecular formula is C22H29FO3. The maximum atomic E-state index is 14.2. The smallest absolute Gasteiger partial charge is 0.365 e. The van der Waals surface area contributed by atoms with Crippen molar-refractivity contribution >= 4 is 17.1 Å². The fraction of sp³-hybridized carbons (Fsp3) is 0.500. The molecule has 0 atom stereocenters. The topological polar surface area (TPSA) is 46.5 Å². The van der Waals surface area contributed by atoms with Gasteiger partial charge in [0.1, 0.15) is 5.75 Å². The molecule has 0 aliphatic heterocycles. The highest BCUT2D eigenvalue weighted by molar-refractivity contribution is 5.95. The molecule has 0 saturated carbocycles. The summed E-state index contributed by atoms with van der Waals surface area (Å²) in [5.41, 5.74) is 3.83. The summed E-state index contributed by atoms with van der Waals surface area (Å²) in [5, 5.41) is 9.05. The number of fused-ring (bicyclic) bond motifs is 1. The second-order valence-corrected chi connectivity index (χ2v) is 8.53. The minimum atomic E-state index is -1.56. The van der Waals surface area contributed by atoms with Crippen molar-refractivity contribution in [3.8, 4) is 5.75 Å². The molecule has 4 heteroatoms. The number of carbonyl (C=O) groups is 1. The maximum absolute atomic E-state index is 14.2. The number of hydrogen-bond donors (Lipinski definition) is 1.